The maximum atomic E-state index is 13.0. The van der Waals surface area contributed by atoms with Gasteiger partial charge < -0.3 is 9.73 Å². The molecule has 0 aliphatic rings. The third-order valence-corrected chi connectivity index (χ3v) is 7.81. The number of carbonyl (C=O) groups is 1. The second kappa shape index (κ2) is 10.9. The summed E-state index contributed by atoms with van der Waals surface area (Å²) in [5, 5.41) is 10.9. The van der Waals surface area contributed by atoms with E-state index in [2.05, 4.69) is 15.5 Å². The topological polar surface area (TPSA) is 105 Å². The van der Waals surface area contributed by atoms with Crippen LogP contribution in [0.5, 0.6) is 0 Å². The highest BCUT2D eigenvalue weighted by atomic mass is 32.2. The number of nitrogens with one attached hydrogen (secondary N) is 1. The van der Waals surface area contributed by atoms with E-state index in [-0.39, 0.29) is 39.5 Å². The summed E-state index contributed by atoms with van der Waals surface area (Å²) < 4.78 is 45.1. The summed E-state index contributed by atoms with van der Waals surface area (Å²) in [6.07, 6.45) is 0. The molecule has 0 saturated carbocycles. The fraction of sp³-hybridized carbons (Fsp3) is 0.318. The molecular formula is C22H25FN4O4S2. The molecule has 0 bridgehead atoms. The van der Waals surface area contributed by atoms with Crippen molar-refractivity contribution < 1.29 is 22.0 Å². The Labute approximate surface area is 196 Å². The number of aromatic nitrogens is 2. The van der Waals surface area contributed by atoms with Gasteiger partial charge in [0.25, 0.3) is 5.22 Å². The van der Waals surface area contributed by atoms with Crippen LogP contribution in [0.4, 0.5) is 4.39 Å². The SMILES string of the molecule is CCN(CC)S(=O)(=O)c1ccc(C(C)NC(=O)CSc2nnc(-c3ccc(F)cc3)o2)cc1. The zero-order valence-electron chi connectivity index (χ0n) is 18.5. The number of sulfonamides is 1. The molecule has 1 unspecified atom stereocenters. The molecule has 1 amide bonds. The highest BCUT2D eigenvalue weighted by molar-refractivity contribution is 7.99. The number of hydrogen-bond donors (Lipinski definition) is 1. The van der Waals surface area contributed by atoms with Crippen LogP contribution in [-0.2, 0) is 14.8 Å². The Kier molecular flexibility index (Phi) is 8.22. The molecule has 8 nitrogen and oxygen atoms in total. The number of halogens is 1. The average Bonchev–Trinajstić information content (AvgIpc) is 3.28. The van der Waals surface area contributed by atoms with Gasteiger partial charge in [-0.2, -0.15) is 4.31 Å². The summed E-state index contributed by atoms with van der Waals surface area (Å²) in [4.78, 5) is 12.6. The van der Waals surface area contributed by atoms with Crippen LogP contribution < -0.4 is 5.32 Å². The van der Waals surface area contributed by atoms with E-state index in [0.717, 1.165) is 17.3 Å². The molecule has 1 heterocycles. The number of hydrogen-bond acceptors (Lipinski definition) is 7. The molecule has 2 aromatic carbocycles. The minimum atomic E-state index is -3.53. The van der Waals surface area contributed by atoms with Crippen LogP contribution >= 0.6 is 11.8 Å². The fourth-order valence-electron chi connectivity index (χ4n) is 3.11. The smallest absolute Gasteiger partial charge is 0.277 e. The lowest BCUT2D eigenvalue weighted by Gasteiger charge is -2.19. The van der Waals surface area contributed by atoms with Crippen molar-refractivity contribution in [2.45, 2.75) is 36.9 Å². The minimum Gasteiger partial charge on any atom is -0.411 e. The predicted molar refractivity (Wildman–Crippen MR) is 124 cm³/mol. The van der Waals surface area contributed by atoms with E-state index in [9.17, 15) is 17.6 Å². The van der Waals surface area contributed by atoms with Crippen LogP contribution in [-0.4, -0.2) is 47.7 Å². The highest BCUT2D eigenvalue weighted by Crippen LogP contribution is 2.24. The molecule has 0 aliphatic heterocycles. The zero-order chi connectivity index (χ0) is 24.0. The average molecular weight is 493 g/mol. The molecule has 3 aromatic rings. The molecule has 33 heavy (non-hydrogen) atoms. The summed E-state index contributed by atoms with van der Waals surface area (Å²) in [7, 11) is -3.53. The third kappa shape index (κ3) is 6.18. The van der Waals surface area contributed by atoms with Crippen molar-refractivity contribution in [3.05, 3.63) is 59.9 Å². The van der Waals surface area contributed by atoms with Crippen LogP contribution in [0.1, 0.15) is 32.4 Å². The van der Waals surface area contributed by atoms with E-state index in [1.54, 1.807) is 38.1 Å². The van der Waals surface area contributed by atoms with Crippen LogP contribution in [0.3, 0.4) is 0 Å². The summed E-state index contributed by atoms with van der Waals surface area (Å²) in [5.41, 5.74) is 1.36. The number of amides is 1. The van der Waals surface area contributed by atoms with E-state index >= 15 is 0 Å². The van der Waals surface area contributed by atoms with Gasteiger partial charge in [0.15, 0.2) is 0 Å². The van der Waals surface area contributed by atoms with Gasteiger partial charge in [0, 0.05) is 18.7 Å². The van der Waals surface area contributed by atoms with E-state index in [1.165, 1.54) is 28.6 Å². The van der Waals surface area contributed by atoms with Gasteiger partial charge in [0.1, 0.15) is 5.82 Å². The first-order valence-corrected chi connectivity index (χ1v) is 12.8. The van der Waals surface area contributed by atoms with Crippen LogP contribution in [0.15, 0.2) is 63.1 Å². The third-order valence-electron chi connectivity index (χ3n) is 4.93. The number of carbonyl (C=O) groups excluding carboxylic acids is 1. The van der Waals surface area contributed by atoms with E-state index in [1.807, 2.05) is 6.92 Å². The summed E-state index contributed by atoms with van der Waals surface area (Å²) in [6.45, 7) is 6.20. The monoisotopic (exact) mass is 492 g/mol. The van der Waals surface area contributed by atoms with Crippen molar-refractivity contribution in [1.29, 1.82) is 0 Å². The molecule has 1 aromatic heterocycles. The predicted octanol–water partition coefficient (Wildman–Crippen LogP) is 3.88. The van der Waals surface area contributed by atoms with Gasteiger partial charge in [-0.1, -0.05) is 37.7 Å². The zero-order valence-corrected chi connectivity index (χ0v) is 20.1. The lowest BCUT2D eigenvalue weighted by molar-refractivity contribution is -0.119. The van der Waals surface area contributed by atoms with Crippen molar-refractivity contribution >= 4 is 27.7 Å². The minimum absolute atomic E-state index is 0.0593. The van der Waals surface area contributed by atoms with Gasteiger partial charge in [-0.05, 0) is 48.9 Å². The van der Waals surface area contributed by atoms with Gasteiger partial charge in [0.05, 0.1) is 16.7 Å². The van der Waals surface area contributed by atoms with Gasteiger partial charge in [0.2, 0.25) is 21.8 Å². The Morgan fingerprint density at radius 2 is 1.73 bits per heavy atom. The largest absolute Gasteiger partial charge is 0.411 e. The van der Waals surface area contributed by atoms with Gasteiger partial charge in [-0.3, -0.25) is 4.79 Å². The maximum Gasteiger partial charge on any atom is 0.277 e. The van der Waals surface area contributed by atoms with E-state index in [4.69, 9.17) is 4.42 Å². The standard InChI is InChI=1S/C22H25FN4O4S2/c1-4-27(5-2)33(29,30)19-12-8-16(9-13-19)15(3)24-20(28)14-32-22-26-25-21(31-22)17-6-10-18(23)11-7-17/h6-13,15H,4-5,14H2,1-3H3,(H,24,28). The molecule has 0 saturated heterocycles. The van der Waals surface area contributed by atoms with Crippen molar-refractivity contribution in [3.8, 4) is 11.5 Å². The molecule has 11 heteroatoms. The van der Waals surface area contributed by atoms with E-state index < -0.39 is 10.0 Å². The molecule has 176 valence electrons. The first-order valence-electron chi connectivity index (χ1n) is 10.4. The van der Waals surface area contributed by atoms with Crippen LogP contribution in [0.25, 0.3) is 11.5 Å². The number of benzene rings is 2. The lowest BCUT2D eigenvalue weighted by Crippen LogP contribution is -2.30. The second-order valence-corrected chi connectivity index (χ2v) is 9.98. The molecule has 0 spiro atoms. The highest BCUT2D eigenvalue weighted by Gasteiger charge is 2.22. The Morgan fingerprint density at radius 1 is 1.09 bits per heavy atom. The van der Waals surface area contributed by atoms with Crippen LogP contribution in [0, 0.1) is 5.82 Å². The Balaban J connectivity index is 1.55. The van der Waals surface area contributed by atoms with Gasteiger partial charge in [-0.15, -0.1) is 10.2 Å². The molecule has 0 fully saturated rings. The Hall–Kier alpha value is -2.76. The normalized spacial score (nSPS) is 12.6. The fourth-order valence-corrected chi connectivity index (χ4v) is 5.14. The van der Waals surface area contributed by atoms with Gasteiger partial charge >= 0.3 is 0 Å². The number of rotatable bonds is 10. The first kappa shape index (κ1) is 24.9. The molecule has 1 N–H and O–H groups in total. The molecule has 1 atom stereocenters. The van der Waals surface area contributed by atoms with Crippen LogP contribution in [0.2, 0.25) is 0 Å². The van der Waals surface area contributed by atoms with Gasteiger partial charge in [-0.25, -0.2) is 12.8 Å². The first-order chi connectivity index (χ1) is 15.7. The number of nitrogens with zero attached hydrogens (tertiary/aromatic N) is 3. The molecule has 0 radical (unpaired) electrons. The van der Waals surface area contributed by atoms with Crippen molar-refractivity contribution in [2.24, 2.45) is 0 Å². The summed E-state index contributed by atoms with van der Waals surface area (Å²) >= 11 is 1.09. The Bertz CT molecular complexity index is 1180. The summed E-state index contributed by atoms with van der Waals surface area (Å²) in [5.74, 6) is -0.303. The molecular weight excluding hydrogens is 467 g/mol. The van der Waals surface area contributed by atoms with Crippen molar-refractivity contribution in [2.75, 3.05) is 18.8 Å². The van der Waals surface area contributed by atoms with E-state index in [0.29, 0.717) is 18.7 Å². The number of thioether (sulfide) groups is 1. The molecule has 0 aliphatic carbocycles. The maximum absolute atomic E-state index is 13.0. The quantitative estimate of drug-likeness (QED) is 0.428. The Morgan fingerprint density at radius 3 is 2.33 bits per heavy atom. The summed E-state index contributed by atoms with van der Waals surface area (Å²) in [6, 6.07) is 11.8. The lowest BCUT2D eigenvalue weighted by atomic mass is 10.1. The van der Waals surface area contributed by atoms with Crippen molar-refractivity contribution in [1.82, 2.24) is 19.8 Å². The second-order valence-electron chi connectivity index (χ2n) is 7.12. The molecule has 3 rings (SSSR count). The van der Waals surface area contributed by atoms with Crippen molar-refractivity contribution in [3.63, 3.8) is 0 Å².